The van der Waals surface area contributed by atoms with E-state index in [1.165, 1.54) is 0 Å². The Kier molecular flexibility index (Phi) is 4.59. The Hall–Kier alpha value is -0.650. The minimum atomic E-state index is -0.767. The summed E-state index contributed by atoms with van der Waals surface area (Å²) in [6.07, 6.45) is 4.39. The van der Waals surface area contributed by atoms with Gasteiger partial charge in [-0.05, 0) is 19.4 Å². The molecule has 2 rings (SSSR count). The lowest BCUT2D eigenvalue weighted by Crippen LogP contribution is -2.53. The van der Waals surface area contributed by atoms with Crippen molar-refractivity contribution in [1.29, 1.82) is 0 Å². The average Bonchev–Trinajstić information content (AvgIpc) is 2.39. The first-order valence-corrected chi connectivity index (χ1v) is 6.89. The third-order valence-electron chi connectivity index (χ3n) is 3.94. The molecule has 5 nitrogen and oxygen atoms in total. The van der Waals surface area contributed by atoms with E-state index in [2.05, 4.69) is 5.32 Å². The van der Waals surface area contributed by atoms with Crippen molar-refractivity contribution in [3.63, 3.8) is 0 Å². The third kappa shape index (κ3) is 3.43. The molecule has 0 radical (unpaired) electrons. The number of carbonyl (C=O) groups is 1. The zero-order valence-electron chi connectivity index (χ0n) is 11.2. The van der Waals surface area contributed by atoms with Gasteiger partial charge in [-0.1, -0.05) is 6.42 Å². The second kappa shape index (κ2) is 5.99. The van der Waals surface area contributed by atoms with Crippen molar-refractivity contribution in [1.82, 2.24) is 10.2 Å². The molecule has 5 heteroatoms. The number of amides is 1. The summed E-state index contributed by atoms with van der Waals surface area (Å²) < 4.78 is 5.25. The van der Waals surface area contributed by atoms with Crippen LogP contribution in [-0.4, -0.2) is 60.9 Å². The third-order valence-corrected chi connectivity index (χ3v) is 3.94. The van der Waals surface area contributed by atoms with Crippen LogP contribution in [0.25, 0.3) is 0 Å². The molecule has 0 saturated carbocycles. The molecule has 2 aliphatic heterocycles. The van der Waals surface area contributed by atoms with E-state index in [4.69, 9.17) is 4.74 Å². The van der Waals surface area contributed by atoms with Crippen LogP contribution in [0.5, 0.6) is 0 Å². The van der Waals surface area contributed by atoms with Gasteiger partial charge in [-0.25, -0.2) is 0 Å². The van der Waals surface area contributed by atoms with Crippen molar-refractivity contribution in [2.75, 3.05) is 33.4 Å². The lowest BCUT2D eigenvalue weighted by atomic mass is 9.93. The van der Waals surface area contributed by atoms with Crippen LogP contribution in [0, 0.1) is 0 Å². The molecule has 0 aromatic rings. The highest BCUT2D eigenvalue weighted by Gasteiger charge is 2.34. The molecule has 1 unspecified atom stereocenters. The number of ether oxygens (including phenoxy) is 1. The topological polar surface area (TPSA) is 61.8 Å². The van der Waals surface area contributed by atoms with Gasteiger partial charge >= 0.3 is 0 Å². The average molecular weight is 256 g/mol. The number of nitrogens with one attached hydrogen (secondary N) is 1. The molecule has 104 valence electrons. The van der Waals surface area contributed by atoms with Gasteiger partial charge in [0.1, 0.15) is 0 Å². The Labute approximate surface area is 108 Å². The number of piperidine rings is 1. The van der Waals surface area contributed by atoms with Crippen molar-refractivity contribution in [3.8, 4) is 0 Å². The molecule has 2 heterocycles. The summed E-state index contributed by atoms with van der Waals surface area (Å²) in [6.45, 7) is 2.50. The number of likely N-dealkylation sites (N-methyl/N-ethyl adjacent to an activating group) is 1. The maximum absolute atomic E-state index is 12.2. The monoisotopic (exact) mass is 256 g/mol. The molecule has 18 heavy (non-hydrogen) atoms. The Bertz CT molecular complexity index is 284. The van der Waals surface area contributed by atoms with E-state index in [-0.39, 0.29) is 11.9 Å². The summed E-state index contributed by atoms with van der Waals surface area (Å²) in [5.41, 5.74) is -0.767. The maximum atomic E-state index is 12.2. The van der Waals surface area contributed by atoms with Crippen molar-refractivity contribution >= 4 is 5.91 Å². The first-order chi connectivity index (χ1) is 8.61. The fraction of sp³-hybridized carbons (Fsp3) is 0.923. The predicted molar refractivity (Wildman–Crippen MR) is 68.3 cm³/mol. The smallest absolute Gasteiger partial charge is 0.239 e. The molecule has 0 aromatic heterocycles. The number of nitrogens with zero attached hydrogens (tertiary/aromatic N) is 1. The highest BCUT2D eigenvalue weighted by Crippen LogP contribution is 2.22. The van der Waals surface area contributed by atoms with Crippen molar-refractivity contribution < 1.29 is 14.6 Å². The quantitative estimate of drug-likeness (QED) is 0.753. The van der Waals surface area contributed by atoms with Crippen molar-refractivity contribution in [2.45, 2.75) is 43.7 Å². The Morgan fingerprint density at radius 2 is 2.17 bits per heavy atom. The minimum Gasteiger partial charge on any atom is -0.388 e. The Morgan fingerprint density at radius 1 is 1.44 bits per heavy atom. The lowest BCUT2D eigenvalue weighted by Gasteiger charge is -2.37. The first kappa shape index (κ1) is 13.8. The number of hydrogen-bond donors (Lipinski definition) is 2. The molecular weight excluding hydrogens is 232 g/mol. The molecule has 2 fully saturated rings. The molecule has 1 atom stereocenters. The molecule has 0 bridgehead atoms. The van der Waals surface area contributed by atoms with E-state index < -0.39 is 5.60 Å². The lowest BCUT2D eigenvalue weighted by molar-refractivity contribution is -0.139. The van der Waals surface area contributed by atoms with Crippen LogP contribution in [0.1, 0.15) is 32.1 Å². The van der Waals surface area contributed by atoms with Crippen LogP contribution in [0.2, 0.25) is 0 Å². The maximum Gasteiger partial charge on any atom is 0.239 e. The fourth-order valence-electron chi connectivity index (χ4n) is 2.76. The number of hydrogen-bond acceptors (Lipinski definition) is 4. The number of aliphatic hydroxyl groups is 1. The van der Waals surface area contributed by atoms with Crippen LogP contribution in [0.3, 0.4) is 0 Å². The highest BCUT2D eigenvalue weighted by atomic mass is 16.5. The zero-order valence-corrected chi connectivity index (χ0v) is 11.2. The van der Waals surface area contributed by atoms with Gasteiger partial charge in [0, 0.05) is 39.6 Å². The fourth-order valence-corrected chi connectivity index (χ4v) is 2.76. The molecule has 2 saturated heterocycles. The van der Waals surface area contributed by atoms with Gasteiger partial charge in [0.25, 0.3) is 0 Å². The van der Waals surface area contributed by atoms with E-state index in [0.717, 1.165) is 25.8 Å². The van der Waals surface area contributed by atoms with E-state index >= 15 is 0 Å². The van der Waals surface area contributed by atoms with Gasteiger partial charge in [-0.2, -0.15) is 0 Å². The van der Waals surface area contributed by atoms with Crippen LogP contribution in [0.4, 0.5) is 0 Å². The normalized spacial score (nSPS) is 27.8. The van der Waals surface area contributed by atoms with Crippen molar-refractivity contribution in [2.24, 2.45) is 0 Å². The predicted octanol–water partition coefficient (Wildman–Crippen LogP) is 0.128. The molecule has 2 N–H and O–H groups in total. The number of carbonyl (C=O) groups excluding carboxylic acids is 1. The van der Waals surface area contributed by atoms with E-state index in [1.807, 2.05) is 0 Å². The van der Waals surface area contributed by atoms with E-state index in [1.54, 1.807) is 11.9 Å². The summed E-state index contributed by atoms with van der Waals surface area (Å²) in [4.78, 5) is 13.9. The molecule has 0 aliphatic carbocycles. The Morgan fingerprint density at radius 3 is 2.78 bits per heavy atom. The van der Waals surface area contributed by atoms with Gasteiger partial charge in [0.2, 0.25) is 5.91 Å². The summed E-state index contributed by atoms with van der Waals surface area (Å²) in [7, 11) is 1.78. The van der Waals surface area contributed by atoms with E-state index in [0.29, 0.717) is 32.6 Å². The van der Waals surface area contributed by atoms with Gasteiger partial charge in [0.05, 0.1) is 11.6 Å². The standard InChI is InChI=1S/C13H24N2O3/c1-15(10-13(17)5-8-18-9-6-13)12(16)11-4-2-3-7-14-11/h11,14,17H,2-10H2,1H3. The first-order valence-electron chi connectivity index (χ1n) is 6.89. The van der Waals surface area contributed by atoms with Crippen LogP contribution in [0.15, 0.2) is 0 Å². The summed E-state index contributed by atoms with van der Waals surface area (Å²) in [5.74, 6) is 0.106. The molecule has 2 aliphatic rings. The van der Waals surface area contributed by atoms with Gasteiger partial charge < -0.3 is 20.1 Å². The zero-order chi connectivity index (χ0) is 13.0. The molecule has 0 aromatic carbocycles. The highest BCUT2D eigenvalue weighted by molar-refractivity contribution is 5.81. The van der Waals surface area contributed by atoms with Crippen LogP contribution >= 0.6 is 0 Å². The summed E-state index contributed by atoms with van der Waals surface area (Å²) in [5, 5.41) is 13.6. The van der Waals surface area contributed by atoms with Gasteiger partial charge in [-0.15, -0.1) is 0 Å². The molecular formula is C13H24N2O3. The second-order valence-electron chi connectivity index (χ2n) is 5.53. The molecule has 0 spiro atoms. The van der Waals surface area contributed by atoms with Crippen LogP contribution in [-0.2, 0) is 9.53 Å². The van der Waals surface area contributed by atoms with Crippen LogP contribution < -0.4 is 5.32 Å². The molecule has 1 amide bonds. The second-order valence-corrected chi connectivity index (χ2v) is 5.53. The Balaban J connectivity index is 1.85. The van der Waals surface area contributed by atoms with Gasteiger partial charge in [-0.3, -0.25) is 4.79 Å². The SMILES string of the molecule is CN(CC1(O)CCOCC1)C(=O)C1CCCCN1. The van der Waals surface area contributed by atoms with E-state index in [9.17, 15) is 9.90 Å². The van der Waals surface area contributed by atoms with Crippen molar-refractivity contribution in [3.05, 3.63) is 0 Å². The van der Waals surface area contributed by atoms with Gasteiger partial charge in [0.15, 0.2) is 0 Å². The minimum absolute atomic E-state index is 0.0628. The summed E-state index contributed by atoms with van der Waals surface area (Å²) >= 11 is 0. The number of rotatable bonds is 3. The largest absolute Gasteiger partial charge is 0.388 e. The summed E-state index contributed by atoms with van der Waals surface area (Å²) in [6, 6.07) is -0.0628.